The molecule has 3 aromatic rings. The van der Waals surface area contributed by atoms with Crippen LogP contribution in [-0.4, -0.2) is 15.6 Å². The zero-order chi connectivity index (χ0) is 14.8. The van der Waals surface area contributed by atoms with Gasteiger partial charge in [-0.15, -0.1) is 0 Å². The first-order valence-electron chi connectivity index (χ1n) is 7.16. The van der Waals surface area contributed by atoms with Crippen LogP contribution in [0.1, 0.15) is 18.9 Å². The summed E-state index contributed by atoms with van der Waals surface area (Å²) in [4.78, 5) is 4.37. The van der Waals surface area contributed by atoms with E-state index in [-0.39, 0.29) is 11.9 Å². The van der Waals surface area contributed by atoms with Gasteiger partial charge >= 0.3 is 0 Å². The van der Waals surface area contributed by atoms with Crippen molar-refractivity contribution in [1.82, 2.24) is 9.55 Å². The topological polar surface area (TPSA) is 43.8 Å². The molecule has 0 aliphatic heterocycles. The highest BCUT2D eigenvalue weighted by atomic mass is 19.1. The van der Waals surface area contributed by atoms with Gasteiger partial charge < -0.3 is 5.73 Å². The summed E-state index contributed by atoms with van der Waals surface area (Å²) in [7, 11) is 0. The van der Waals surface area contributed by atoms with Crippen LogP contribution in [0.3, 0.4) is 0 Å². The molecule has 0 aliphatic rings. The van der Waals surface area contributed by atoms with Gasteiger partial charge in [-0.3, -0.25) is 4.57 Å². The largest absolute Gasteiger partial charge is 0.327 e. The van der Waals surface area contributed by atoms with Gasteiger partial charge in [-0.25, -0.2) is 9.37 Å². The van der Waals surface area contributed by atoms with E-state index in [1.165, 1.54) is 6.07 Å². The van der Waals surface area contributed by atoms with E-state index in [0.717, 1.165) is 23.1 Å². The molecular weight excluding hydrogens is 265 g/mol. The van der Waals surface area contributed by atoms with E-state index in [4.69, 9.17) is 5.73 Å². The minimum atomic E-state index is -0.214. The quantitative estimate of drug-likeness (QED) is 0.797. The Morgan fingerprint density at radius 3 is 2.81 bits per heavy atom. The molecule has 3 rings (SSSR count). The van der Waals surface area contributed by atoms with Gasteiger partial charge in [-0.1, -0.05) is 25.1 Å². The second-order valence-electron chi connectivity index (χ2n) is 5.21. The monoisotopic (exact) mass is 283 g/mol. The Hall–Kier alpha value is -2.20. The number of hydrogen-bond donors (Lipinski definition) is 1. The number of nitrogens with two attached hydrogens (primary N) is 1. The van der Waals surface area contributed by atoms with E-state index >= 15 is 0 Å². The standard InChI is InChI=1S/C17H18FN3/c1-2-12(19)10-13-14(18)6-5-9-16(13)21-11-20-15-7-3-4-8-17(15)21/h3-9,11-12H,2,10,19H2,1H3. The van der Waals surface area contributed by atoms with Crippen LogP contribution >= 0.6 is 0 Å². The second kappa shape index (κ2) is 5.66. The Balaban J connectivity index is 2.16. The number of hydrogen-bond acceptors (Lipinski definition) is 2. The first-order valence-corrected chi connectivity index (χ1v) is 7.16. The molecule has 0 amide bonds. The fourth-order valence-electron chi connectivity index (χ4n) is 2.53. The number of imidazole rings is 1. The van der Waals surface area contributed by atoms with Crippen LogP contribution in [-0.2, 0) is 6.42 Å². The van der Waals surface area contributed by atoms with Gasteiger partial charge in [0, 0.05) is 11.6 Å². The predicted octanol–water partition coefficient (Wildman–Crippen LogP) is 3.44. The summed E-state index contributed by atoms with van der Waals surface area (Å²) >= 11 is 0. The highest BCUT2D eigenvalue weighted by Gasteiger charge is 2.14. The Bertz CT molecular complexity index is 764. The smallest absolute Gasteiger partial charge is 0.128 e. The van der Waals surface area contributed by atoms with Crippen molar-refractivity contribution in [3.8, 4) is 5.69 Å². The molecule has 4 heteroatoms. The molecule has 0 bridgehead atoms. The fraction of sp³-hybridized carbons (Fsp3) is 0.235. The molecule has 1 heterocycles. The van der Waals surface area contributed by atoms with Gasteiger partial charge in [-0.05, 0) is 37.1 Å². The Morgan fingerprint density at radius 1 is 1.19 bits per heavy atom. The van der Waals surface area contributed by atoms with E-state index in [0.29, 0.717) is 12.0 Å². The fourth-order valence-corrected chi connectivity index (χ4v) is 2.53. The van der Waals surface area contributed by atoms with Crippen LogP contribution in [0.15, 0.2) is 48.8 Å². The van der Waals surface area contributed by atoms with Crippen LogP contribution in [0.5, 0.6) is 0 Å². The average molecular weight is 283 g/mol. The van der Waals surface area contributed by atoms with Gasteiger partial charge in [0.2, 0.25) is 0 Å². The van der Waals surface area contributed by atoms with Gasteiger partial charge in [0.05, 0.1) is 16.7 Å². The maximum absolute atomic E-state index is 14.2. The van der Waals surface area contributed by atoms with Crippen molar-refractivity contribution in [1.29, 1.82) is 0 Å². The normalized spacial score (nSPS) is 12.7. The molecule has 2 N–H and O–H groups in total. The Morgan fingerprint density at radius 2 is 2.00 bits per heavy atom. The molecule has 0 saturated heterocycles. The number of para-hydroxylation sites is 2. The lowest BCUT2D eigenvalue weighted by Gasteiger charge is -2.15. The van der Waals surface area contributed by atoms with Crippen molar-refractivity contribution in [3.05, 3.63) is 60.2 Å². The zero-order valence-electron chi connectivity index (χ0n) is 12.0. The summed E-state index contributed by atoms with van der Waals surface area (Å²) in [6, 6.07) is 12.9. The van der Waals surface area contributed by atoms with Crippen LogP contribution in [0.2, 0.25) is 0 Å². The zero-order valence-corrected chi connectivity index (χ0v) is 12.0. The average Bonchev–Trinajstić information content (AvgIpc) is 2.93. The van der Waals surface area contributed by atoms with E-state index in [9.17, 15) is 4.39 Å². The van der Waals surface area contributed by atoms with E-state index < -0.39 is 0 Å². The van der Waals surface area contributed by atoms with Gasteiger partial charge in [0.1, 0.15) is 12.1 Å². The maximum Gasteiger partial charge on any atom is 0.128 e. The maximum atomic E-state index is 14.2. The molecule has 108 valence electrons. The van der Waals surface area contributed by atoms with Crippen molar-refractivity contribution in [2.24, 2.45) is 5.73 Å². The van der Waals surface area contributed by atoms with Gasteiger partial charge in [0.15, 0.2) is 0 Å². The second-order valence-corrected chi connectivity index (χ2v) is 5.21. The molecule has 1 aromatic heterocycles. The third-order valence-corrected chi connectivity index (χ3v) is 3.80. The molecule has 0 aliphatic carbocycles. The number of aromatic nitrogens is 2. The molecular formula is C17H18FN3. The number of nitrogens with zero attached hydrogens (tertiary/aromatic N) is 2. The molecule has 2 aromatic carbocycles. The molecule has 1 unspecified atom stereocenters. The molecule has 3 nitrogen and oxygen atoms in total. The molecule has 21 heavy (non-hydrogen) atoms. The van der Waals surface area contributed by atoms with Crippen molar-refractivity contribution < 1.29 is 4.39 Å². The first-order chi connectivity index (χ1) is 10.2. The molecule has 0 radical (unpaired) electrons. The van der Waals surface area contributed by atoms with E-state index in [2.05, 4.69) is 4.98 Å². The van der Waals surface area contributed by atoms with Crippen LogP contribution < -0.4 is 5.73 Å². The minimum Gasteiger partial charge on any atom is -0.327 e. The summed E-state index contributed by atoms with van der Waals surface area (Å²) in [5.41, 5.74) is 9.34. The Labute approximate surface area is 123 Å². The summed E-state index contributed by atoms with van der Waals surface area (Å²) in [6.45, 7) is 2.01. The van der Waals surface area contributed by atoms with Crippen LogP contribution in [0, 0.1) is 5.82 Å². The number of benzene rings is 2. The van der Waals surface area contributed by atoms with Crippen LogP contribution in [0.4, 0.5) is 4.39 Å². The number of rotatable bonds is 4. The summed E-state index contributed by atoms with van der Waals surface area (Å²) in [6.07, 6.45) is 3.07. The Kier molecular flexibility index (Phi) is 3.71. The summed E-state index contributed by atoms with van der Waals surface area (Å²) in [5, 5.41) is 0. The first kappa shape index (κ1) is 13.8. The third kappa shape index (κ3) is 2.54. The molecule has 0 spiro atoms. The summed E-state index contributed by atoms with van der Waals surface area (Å²) in [5.74, 6) is -0.214. The predicted molar refractivity (Wildman–Crippen MR) is 83.0 cm³/mol. The minimum absolute atomic E-state index is 0.0459. The third-order valence-electron chi connectivity index (χ3n) is 3.80. The highest BCUT2D eigenvalue weighted by Crippen LogP contribution is 2.24. The highest BCUT2D eigenvalue weighted by molar-refractivity contribution is 5.77. The SMILES string of the molecule is CCC(N)Cc1c(F)cccc1-n1cnc2ccccc21. The lowest BCUT2D eigenvalue weighted by atomic mass is 10.0. The lowest BCUT2D eigenvalue weighted by molar-refractivity contribution is 0.577. The van der Waals surface area contributed by atoms with E-state index in [1.54, 1.807) is 12.4 Å². The van der Waals surface area contributed by atoms with Crippen molar-refractivity contribution in [2.75, 3.05) is 0 Å². The molecule has 0 saturated carbocycles. The molecule has 0 fully saturated rings. The van der Waals surface area contributed by atoms with Crippen molar-refractivity contribution >= 4 is 11.0 Å². The lowest BCUT2D eigenvalue weighted by Crippen LogP contribution is -2.23. The van der Waals surface area contributed by atoms with Gasteiger partial charge in [-0.2, -0.15) is 0 Å². The van der Waals surface area contributed by atoms with E-state index in [1.807, 2.05) is 41.8 Å². The van der Waals surface area contributed by atoms with Crippen molar-refractivity contribution in [2.45, 2.75) is 25.8 Å². The molecule has 1 atom stereocenters. The number of halogens is 1. The number of fused-ring (bicyclic) bond motifs is 1. The van der Waals surface area contributed by atoms with Gasteiger partial charge in [0.25, 0.3) is 0 Å². The summed E-state index contributed by atoms with van der Waals surface area (Å²) < 4.78 is 16.2. The van der Waals surface area contributed by atoms with Crippen LogP contribution in [0.25, 0.3) is 16.7 Å². The van der Waals surface area contributed by atoms with Crippen molar-refractivity contribution in [3.63, 3.8) is 0 Å².